The van der Waals surface area contributed by atoms with E-state index >= 15 is 0 Å². The van der Waals surface area contributed by atoms with Crippen LogP contribution in [0, 0.1) is 5.82 Å². The summed E-state index contributed by atoms with van der Waals surface area (Å²) in [4.78, 5) is 33.8. The predicted molar refractivity (Wildman–Crippen MR) is 108 cm³/mol. The number of carbonyl (C=O) groups is 1. The van der Waals surface area contributed by atoms with Crippen molar-refractivity contribution in [2.24, 2.45) is 0 Å². The molecule has 30 heavy (non-hydrogen) atoms. The Bertz CT molecular complexity index is 1310. The van der Waals surface area contributed by atoms with Crippen LogP contribution in [-0.4, -0.2) is 25.5 Å². The highest BCUT2D eigenvalue weighted by Crippen LogP contribution is 2.48. The van der Waals surface area contributed by atoms with Crippen LogP contribution in [-0.2, 0) is 16.8 Å². The van der Waals surface area contributed by atoms with Gasteiger partial charge in [0.25, 0.3) is 5.56 Å². The Morgan fingerprint density at radius 1 is 1.20 bits per heavy atom. The van der Waals surface area contributed by atoms with Crippen molar-refractivity contribution >= 4 is 11.6 Å². The maximum atomic E-state index is 13.6. The van der Waals surface area contributed by atoms with Crippen LogP contribution in [0.4, 0.5) is 4.39 Å². The minimum Gasteiger partial charge on any atom is -0.350 e. The molecule has 0 spiro atoms. The zero-order valence-corrected chi connectivity index (χ0v) is 15.9. The summed E-state index contributed by atoms with van der Waals surface area (Å²) in [6.07, 6.45) is 4.71. The van der Waals surface area contributed by atoms with Crippen molar-refractivity contribution in [3.05, 3.63) is 88.4 Å². The average molecular weight is 403 g/mol. The Labute approximate surface area is 170 Å². The summed E-state index contributed by atoms with van der Waals surface area (Å²) in [5.41, 5.74) is 2.18. The SMILES string of the molecule is O=C(NCc1cc(=O)n2[nH]c(-c3cccnc3)cc2n1)C1(c2cccc(F)c2)CC1. The van der Waals surface area contributed by atoms with Crippen LogP contribution < -0.4 is 10.9 Å². The van der Waals surface area contributed by atoms with Crippen molar-refractivity contribution < 1.29 is 9.18 Å². The van der Waals surface area contributed by atoms with Gasteiger partial charge in [0, 0.05) is 30.1 Å². The molecule has 1 saturated carbocycles. The van der Waals surface area contributed by atoms with Gasteiger partial charge in [0.2, 0.25) is 5.91 Å². The van der Waals surface area contributed by atoms with Crippen molar-refractivity contribution in [3.8, 4) is 11.3 Å². The number of H-pyrrole nitrogens is 1. The number of hydrogen-bond acceptors (Lipinski definition) is 4. The number of nitrogens with zero attached hydrogens (tertiary/aromatic N) is 3. The largest absolute Gasteiger partial charge is 0.350 e. The smallest absolute Gasteiger partial charge is 0.272 e. The van der Waals surface area contributed by atoms with E-state index in [-0.39, 0.29) is 23.8 Å². The molecule has 3 heterocycles. The van der Waals surface area contributed by atoms with E-state index in [1.165, 1.54) is 22.7 Å². The fourth-order valence-corrected chi connectivity index (χ4v) is 3.70. The van der Waals surface area contributed by atoms with Crippen LogP contribution in [0.15, 0.2) is 65.7 Å². The zero-order valence-electron chi connectivity index (χ0n) is 15.9. The van der Waals surface area contributed by atoms with Gasteiger partial charge in [0.1, 0.15) is 5.82 Å². The molecule has 0 atom stereocenters. The molecular formula is C22H18FN5O2. The van der Waals surface area contributed by atoms with Crippen LogP contribution in [0.1, 0.15) is 24.1 Å². The summed E-state index contributed by atoms with van der Waals surface area (Å²) in [5.74, 6) is -0.538. The minimum absolute atomic E-state index is 0.120. The molecule has 0 bridgehead atoms. The van der Waals surface area contributed by atoms with E-state index in [1.54, 1.807) is 30.6 Å². The standard InChI is InChI=1S/C22H18FN5O2/c23-16-5-1-4-15(9-16)22(6-7-22)21(30)25-13-17-10-20(29)28-19(26-17)11-18(27-28)14-3-2-8-24-12-14/h1-5,8-12,27H,6-7,13H2,(H,25,30). The number of carbonyl (C=O) groups excluding carboxylic acids is 1. The lowest BCUT2D eigenvalue weighted by molar-refractivity contribution is -0.123. The number of amides is 1. The van der Waals surface area contributed by atoms with E-state index in [2.05, 4.69) is 20.4 Å². The van der Waals surface area contributed by atoms with Gasteiger partial charge in [-0.25, -0.2) is 13.9 Å². The van der Waals surface area contributed by atoms with Crippen LogP contribution in [0.25, 0.3) is 16.9 Å². The number of pyridine rings is 1. The highest BCUT2D eigenvalue weighted by molar-refractivity contribution is 5.91. The van der Waals surface area contributed by atoms with Crippen molar-refractivity contribution in [2.75, 3.05) is 0 Å². The number of hydrogen-bond donors (Lipinski definition) is 2. The first-order chi connectivity index (χ1) is 14.5. The quantitative estimate of drug-likeness (QED) is 0.536. The molecule has 0 radical (unpaired) electrons. The fourth-order valence-electron chi connectivity index (χ4n) is 3.70. The summed E-state index contributed by atoms with van der Waals surface area (Å²) in [6.45, 7) is 0.120. The molecule has 1 aliphatic rings. The predicted octanol–water partition coefficient (Wildman–Crippen LogP) is 2.57. The Morgan fingerprint density at radius 2 is 2.07 bits per heavy atom. The number of aromatic amines is 1. The first-order valence-electron chi connectivity index (χ1n) is 9.62. The molecule has 5 rings (SSSR count). The molecule has 3 aromatic heterocycles. The maximum Gasteiger partial charge on any atom is 0.272 e. The highest BCUT2D eigenvalue weighted by atomic mass is 19.1. The normalized spacial score (nSPS) is 14.6. The number of halogens is 1. The molecule has 1 amide bonds. The number of rotatable bonds is 5. The summed E-state index contributed by atoms with van der Waals surface area (Å²) in [5, 5.41) is 5.87. The second kappa shape index (κ2) is 6.91. The molecular weight excluding hydrogens is 385 g/mol. The molecule has 7 nitrogen and oxygen atoms in total. The number of benzene rings is 1. The Hall–Kier alpha value is -3.81. The van der Waals surface area contributed by atoms with Crippen molar-refractivity contribution in [2.45, 2.75) is 24.8 Å². The fraction of sp³-hybridized carbons (Fsp3) is 0.182. The van der Waals surface area contributed by atoms with Gasteiger partial charge < -0.3 is 5.32 Å². The van der Waals surface area contributed by atoms with Crippen molar-refractivity contribution in [1.82, 2.24) is 24.9 Å². The second-order valence-electron chi connectivity index (χ2n) is 7.47. The molecule has 1 aromatic carbocycles. The monoisotopic (exact) mass is 403 g/mol. The lowest BCUT2D eigenvalue weighted by atomic mass is 9.95. The Morgan fingerprint density at radius 3 is 2.80 bits per heavy atom. The van der Waals surface area contributed by atoms with Gasteiger partial charge in [0.05, 0.1) is 23.3 Å². The molecule has 0 aliphatic heterocycles. The maximum absolute atomic E-state index is 13.6. The van der Waals surface area contributed by atoms with Crippen LogP contribution in [0.5, 0.6) is 0 Å². The van der Waals surface area contributed by atoms with Gasteiger partial charge in [-0.2, -0.15) is 0 Å². The molecule has 1 fully saturated rings. The zero-order chi connectivity index (χ0) is 20.7. The number of nitrogens with one attached hydrogen (secondary N) is 2. The van der Waals surface area contributed by atoms with E-state index < -0.39 is 5.41 Å². The van der Waals surface area contributed by atoms with Crippen molar-refractivity contribution in [1.29, 1.82) is 0 Å². The lowest BCUT2D eigenvalue weighted by Gasteiger charge is -2.15. The first-order valence-corrected chi connectivity index (χ1v) is 9.62. The first kappa shape index (κ1) is 18.2. The molecule has 0 saturated heterocycles. The second-order valence-corrected chi connectivity index (χ2v) is 7.47. The van der Waals surface area contributed by atoms with Crippen molar-refractivity contribution in [3.63, 3.8) is 0 Å². The number of aromatic nitrogens is 4. The third kappa shape index (κ3) is 3.16. The van der Waals surface area contributed by atoms with Crippen LogP contribution >= 0.6 is 0 Å². The van der Waals surface area contributed by atoms with E-state index in [0.717, 1.165) is 11.3 Å². The van der Waals surface area contributed by atoms with Gasteiger partial charge in [-0.15, -0.1) is 0 Å². The lowest BCUT2D eigenvalue weighted by Crippen LogP contribution is -2.35. The summed E-state index contributed by atoms with van der Waals surface area (Å²) < 4.78 is 14.9. The third-order valence-electron chi connectivity index (χ3n) is 5.47. The topological polar surface area (TPSA) is 92.2 Å². The summed E-state index contributed by atoms with van der Waals surface area (Å²) in [7, 11) is 0. The minimum atomic E-state index is -0.692. The van der Waals surface area contributed by atoms with Gasteiger partial charge in [-0.1, -0.05) is 12.1 Å². The molecule has 8 heteroatoms. The van der Waals surface area contributed by atoms with E-state index in [4.69, 9.17) is 0 Å². The van der Waals surface area contributed by atoms with Gasteiger partial charge >= 0.3 is 0 Å². The molecule has 4 aromatic rings. The van der Waals surface area contributed by atoms with Gasteiger partial charge in [-0.05, 0) is 42.7 Å². The average Bonchev–Trinajstić information content (AvgIpc) is 3.46. The molecule has 0 unspecified atom stereocenters. The molecule has 2 N–H and O–H groups in total. The summed E-state index contributed by atoms with van der Waals surface area (Å²) in [6, 6.07) is 13.0. The molecule has 1 aliphatic carbocycles. The van der Waals surface area contributed by atoms with Gasteiger partial charge in [0.15, 0.2) is 5.65 Å². The number of fused-ring (bicyclic) bond motifs is 1. The Kier molecular flexibility index (Phi) is 4.20. The Balaban J connectivity index is 1.37. The summed E-state index contributed by atoms with van der Waals surface area (Å²) >= 11 is 0. The highest BCUT2D eigenvalue weighted by Gasteiger charge is 2.51. The van der Waals surface area contributed by atoms with E-state index in [1.807, 2.05) is 12.1 Å². The van der Waals surface area contributed by atoms with E-state index in [0.29, 0.717) is 29.7 Å². The van der Waals surface area contributed by atoms with E-state index in [9.17, 15) is 14.0 Å². The van der Waals surface area contributed by atoms with Crippen LogP contribution in [0.2, 0.25) is 0 Å². The molecule has 150 valence electrons. The van der Waals surface area contributed by atoms with Gasteiger partial charge in [-0.3, -0.25) is 19.7 Å². The van der Waals surface area contributed by atoms with Crippen LogP contribution in [0.3, 0.4) is 0 Å². The third-order valence-corrected chi connectivity index (χ3v) is 5.47.